The number of unbranched alkanes of at least 4 members (excludes halogenated alkanes) is 14. The summed E-state index contributed by atoms with van der Waals surface area (Å²) in [7, 11) is 11.2. The third kappa shape index (κ3) is 15.9. The molecule has 0 unspecified atom stereocenters. The largest absolute Gasteiger partial charge is 0.495 e. The highest BCUT2D eigenvalue weighted by molar-refractivity contribution is 5.28. The molecule has 0 aromatic carbocycles. The van der Waals surface area contributed by atoms with Crippen LogP contribution in [0, 0.1) is 0 Å². The summed E-state index contributed by atoms with van der Waals surface area (Å²) in [5.41, 5.74) is 2.31. The molecule has 1 heterocycles. The molecule has 1 aromatic heterocycles. The van der Waals surface area contributed by atoms with Crippen LogP contribution in [-0.2, 0) is 13.1 Å². The first-order valence-electron chi connectivity index (χ1n) is 15.4. The van der Waals surface area contributed by atoms with Crippen LogP contribution in [0.2, 0.25) is 0 Å². The lowest BCUT2D eigenvalue weighted by Gasteiger charge is -2.31. The summed E-state index contributed by atoms with van der Waals surface area (Å²) in [5, 5.41) is 0. The van der Waals surface area contributed by atoms with Crippen molar-refractivity contribution in [3.05, 3.63) is 23.5 Å². The van der Waals surface area contributed by atoms with Crippen LogP contribution < -0.4 is 4.74 Å². The van der Waals surface area contributed by atoms with Crippen molar-refractivity contribution >= 4 is 0 Å². The van der Waals surface area contributed by atoms with Crippen molar-refractivity contribution in [3.8, 4) is 5.75 Å². The second-order valence-corrected chi connectivity index (χ2v) is 12.5. The SMILES string of the molecule is CCCCCCCCCC[N+](C)(C)Cc1ccc(OC)c(C[N+](C)(C)CCCCCCCCCC)n1. The van der Waals surface area contributed by atoms with E-state index in [4.69, 9.17) is 9.72 Å². The lowest BCUT2D eigenvalue weighted by Crippen LogP contribution is -2.41. The van der Waals surface area contributed by atoms with Gasteiger partial charge in [0.25, 0.3) is 0 Å². The Hall–Kier alpha value is -1.13. The topological polar surface area (TPSA) is 22.1 Å². The first-order valence-corrected chi connectivity index (χ1v) is 15.4. The molecule has 0 bridgehead atoms. The number of aromatic nitrogens is 1. The van der Waals surface area contributed by atoms with Gasteiger partial charge in [0, 0.05) is 0 Å². The van der Waals surface area contributed by atoms with Crippen molar-refractivity contribution in [2.45, 2.75) is 130 Å². The normalized spacial score (nSPS) is 12.3. The Labute approximate surface area is 226 Å². The second-order valence-electron chi connectivity index (χ2n) is 12.5. The summed E-state index contributed by atoms with van der Waals surface area (Å²) in [6.07, 6.45) is 22.0. The number of rotatable bonds is 23. The molecule has 0 saturated heterocycles. The Morgan fingerprint density at radius 1 is 0.583 bits per heavy atom. The average Bonchev–Trinajstić information content (AvgIpc) is 2.82. The monoisotopic (exact) mass is 505 g/mol. The zero-order chi connectivity index (χ0) is 26.7. The van der Waals surface area contributed by atoms with Crippen LogP contribution in [0.3, 0.4) is 0 Å². The average molecular weight is 506 g/mol. The van der Waals surface area contributed by atoms with Gasteiger partial charge < -0.3 is 13.7 Å². The zero-order valence-corrected chi connectivity index (χ0v) is 25.5. The van der Waals surface area contributed by atoms with Crippen molar-refractivity contribution in [3.63, 3.8) is 0 Å². The summed E-state index contributed by atoms with van der Waals surface area (Å²) in [6, 6.07) is 4.32. The maximum Gasteiger partial charge on any atom is 0.146 e. The Kier molecular flexibility index (Phi) is 17.4. The van der Waals surface area contributed by atoms with E-state index in [0.717, 1.165) is 33.5 Å². The van der Waals surface area contributed by atoms with Gasteiger partial charge >= 0.3 is 0 Å². The minimum Gasteiger partial charge on any atom is -0.495 e. The number of hydrogen-bond acceptors (Lipinski definition) is 2. The summed E-state index contributed by atoms with van der Waals surface area (Å²) < 4.78 is 7.69. The molecular formula is C32H63N3O+2. The van der Waals surface area contributed by atoms with Gasteiger partial charge in [-0.05, 0) is 37.8 Å². The number of quaternary nitrogens is 2. The minimum atomic E-state index is 0.930. The maximum atomic E-state index is 5.72. The van der Waals surface area contributed by atoms with Crippen molar-refractivity contribution in [2.75, 3.05) is 48.4 Å². The highest BCUT2D eigenvalue weighted by atomic mass is 16.5. The van der Waals surface area contributed by atoms with E-state index in [1.165, 1.54) is 122 Å². The summed E-state index contributed by atoms with van der Waals surface area (Å²) in [4.78, 5) is 5.13. The van der Waals surface area contributed by atoms with Crippen LogP contribution in [0.4, 0.5) is 0 Å². The first-order chi connectivity index (χ1) is 17.2. The van der Waals surface area contributed by atoms with Crippen LogP contribution in [0.15, 0.2) is 12.1 Å². The van der Waals surface area contributed by atoms with Gasteiger partial charge in [-0.25, -0.2) is 4.98 Å². The fourth-order valence-corrected chi connectivity index (χ4v) is 5.27. The number of hydrogen-bond donors (Lipinski definition) is 0. The van der Waals surface area contributed by atoms with E-state index in [-0.39, 0.29) is 0 Å². The molecule has 0 saturated carbocycles. The summed E-state index contributed by atoms with van der Waals surface area (Å²) >= 11 is 0. The van der Waals surface area contributed by atoms with Crippen LogP contribution in [0.1, 0.15) is 128 Å². The second kappa shape index (κ2) is 19.0. The van der Waals surface area contributed by atoms with E-state index in [1.807, 2.05) is 0 Å². The molecule has 0 spiro atoms. The third-order valence-electron chi connectivity index (χ3n) is 7.61. The highest BCUT2D eigenvalue weighted by Crippen LogP contribution is 2.23. The quantitative estimate of drug-likeness (QED) is 0.110. The van der Waals surface area contributed by atoms with Crippen LogP contribution in [0.25, 0.3) is 0 Å². The van der Waals surface area contributed by atoms with Gasteiger partial charge in [0.2, 0.25) is 0 Å². The number of pyridine rings is 1. The Morgan fingerprint density at radius 2 is 1.00 bits per heavy atom. The molecule has 4 heteroatoms. The molecule has 0 fully saturated rings. The third-order valence-corrected chi connectivity index (χ3v) is 7.61. The van der Waals surface area contributed by atoms with E-state index < -0.39 is 0 Å². The summed E-state index contributed by atoms with van der Waals surface area (Å²) in [5.74, 6) is 0.939. The molecule has 0 atom stereocenters. The van der Waals surface area contributed by atoms with Gasteiger partial charge in [0.1, 0.15) is 24.5 Å². The number of methoxy groups -OCH3 is 1. The minimum absolute atomic E-state index is 0.930. The molecule has 0 N–H and O–H groups in total. The van der Waals surface area contributed by atoms with Gasteiger partial charge in [-0.2, -0.15) is 0 Å². The predicted molar refractivity (Wildman–Crippen MR) is 157 cm³/mol. The van der Waals surface area contributed by atoms with Crippen molar-refractivity contribution in [1.82, 2.24) is 4.98 Å². The van der Waals surface area contributed by atoms with Crippen molar-refractivity contribution in [1.29, 1.82) is 0 Å². The number of nitrogens with zero attached hydrogens (tertiary/aromatic N) is 3. The number of ether oxygens (including phenoxy) is 1. The lowest BCUT2D eigenvalue weighted by molar-refractivity contribution is -0.905. The Balaban J connectivity index is 2.49. The van der Waals surface area contributed by atoms with E-state index in [2.05, 4.69) is 54.2 Å². The van der Waals surface area contributed by atoms with Gasteiger partial charge in [-0.3, -0.25) is 0 Å². The standard InChI is InChI=1S/C32H63N3O/c1-8-10-12-14-16-18-20-22-26-34(3,4)28-30-24-25-32(36-7)31(33-30)29-35(5,6)27-23-21-19-17-15-13-11-9-2/h24-25H,8-23,26-29H2,1-7H3/q+2. The van der Waals surface area contributed by atoms with Gasteiger partial charge in [-0.15, -0.1) is 0 Å². The molecule has 4 nitrogen and oxygen atoms in total. The van der Waals surface area contributed by atoms with Crippen molar-refractivity contribution < 1.29 is 13.7 Å². The van der Waals surface area contributed by atoms with Gasteiger partial charge in [0.15, 0.2) is 0 Å². The van der Waals surface area contributed by atoms with Crippen molar-refractivity contribution in [2.24, 2.45) is 0 Å². The van der Waals surface area contributed by atoms with E-state index in [0.29, 0.717) is 0 Å². The van der Waals surface area contributed by atoms with E-state index in [1.54, 1.807) is 7.11 Å². The van der Waals surface area contributed by atoms with Crippen LogP contribution in [0.5, 0.6) is 5.75 Å². The Bertz CT molecular complexity index is 671. The molecule has 0 aliphatic carbocycles. The molecule has 36 heavy (non-hydrogen) atoms. The molecule has 0 amide bonds. The zero-order valence-electron chi connectivity index (χ0n) is 25.5. The molecule has 0 radical (unpaired) electrons. The highest BCUT2D eigenvalue weighted by Gasteiger charge is 2.22. The Morgan fingerprint density at radius 3 is 1.44 bits per heavy atom. The molecule has 0 aliphatic heterocycles. The fraction of sp³-hybridized carbons (Fsp3) is 0.844. The maximum absolute atomic E-state index is 5.72. The predicted octanol–water partition coefficient (Wildman–Crippen LogP) is 8.52. The molecular weight excluding hydrogens is 442 g/mol. The molecule has 210 valence electrons. The lowest BCUT2D eigenvalue weighted by atomic mass is 10.1. The van der Waals surface area contributed by atoms with E-state index >= 15 is 0 Å². The van der Waals surface area contributed by atoms with Crippen LogP contribution >= 0.6 is 0 Å². The molecule has 1 rings (SSSR count). The first kappa shape index (κ1) is 32.9. The molecule has 0 aliphatic rings. The summed E-state index contributed by atoms with van der Waals surface area (Å²) in [6.45, 7) is 8.91. The van der Waals surface area contributed by atoms with Gasteiger partial charge in [0.05, 0.1) is 54.1 Å². The van der Waals surface area contributed by atoms with Gasteiger partial charge in [-0.1, -0.05) is 90.9 Å². The van der Waals surface area contributed by atoms with E-state index in [9.17, 15) is 0 Å². The smallest absolute Gasteiger partial charge is 0.146 e. The molecule has 1 aromatic rings. The van der Waals surface area contributed by atoms with Crippen LogP contribution in [-0.4, -0.2) is 62.3 Å². The fourth-order valence-electron chi connectivity index (χ4n) is 5.27.